The maximum absolute atomic E-state index is 12.3. The van der Waals surface area contributed by atoms with E-state index >= 15 is 0 Å². The number of aromatic nitrogens is 3. The minimum absolute atomic E-state index is 0.0382. The summed E-state index contributed by atoms with van der Waals surface area (Å²) in [4.78, 5) is 40.1. The van der Waals surface area contributed by atoms with Crippen molar-refractivity contribution < 1.29 is 14.3 Å². The highest BCUT2D eigenvalue weighted by atomic mass is 16.6. The molecule has 0 saturated heterocycles. The van der Waals surface area contributed by atoms with Crippen LogP contribution in [-0.2, 0) is 17.8 Å². The lowest BCUT2D eigenvalue weighted by Gasteiger charge is -2.19. The number of rotatable bonds is 6. The minimum Gasteiger partial charge on any atom is -0.444 e. The van der Waals surface area contributed by atoms with Gasteiger partial charge in [-0.1, -0.05) is 18.2 Å². The van der Waals surface area contributed by atoms with E-state index in [9.17, 15) is 14.4 Å². The zero-order valence-corrected chi connectivity index (χ0v) is 18.6. The summed E-state index contributed by atoms with van der Waals surface area (Å²) in [6.45, 7) is 7.37. The Kier molecular flexibility index (Phi) is 6.82. The number of ether oxygens (including phenoxy) is 1. The van der Waals surface area contributed by atoms with Crippen LogP contribution in [0.4, 0.5) is 4.79 Å². The molecule has 1 aromatic carbocycles. The number of carbonyl (C=O) groups is 2. The monoisotopic (exact) mass is 434 g/mol. The van der Waals surface area contributed by atoms with E-state index in [1.54, 1.807) is 57.4 Å². The van der Waals surface area contributed by atoms with Gasteiger partial charge in [0.2, 0.25) is 0 Å². The highest BCUT2D eigenvalue weighted by molar-refractivity contribution is 5.94. The Labute approximate surface area is 186 Å². The molecule has 8 nitrogen and oxygen atoms in total. The van der Waals surface area contributed by atoms with Gasteiger partial charge in [-0.25, -0.2) is 9.48 Å². The molecule has 0 bridgehead atoms. The lowest BCUT2D eigenvalue weighted by Crippen LogP contribution is -2.32. The van der Waals surface area contributed by atoms with Crippen LogP contribution in [0.15, 0.2) is 59.7 Å². The molecule has 2 aromatic heterocycles. The van der Waals surface area contributed by atoms with E-state index in [2.05, 4.69) is 15.4 Å². The first-order valence-electron chi connectivity index (χ1n) is 10.2. The third-order valence-electron chi connectivity index (χ3n) is 4.46. The van der Waals surface area contributed by atoms with Gasteiger partial charge in [0.15, 0.2) is 5.78 Å². The number of benzene rings is 1. The van der Waals surface area contributed by atoms with E-state index in [1.165, 1.54) is 17.7 Å². The van der Waals surface area contributed by atoms with Gasteiger partial charge in [-0.05, 0) is 57.0 Å². The Morgan fingerprint density at radius 1 is 1.06 bits per heavy atom. The molecule has 1 N–H and O–H groups in total. The average Bonchev–Trinajstić information content (AvgIpc) is 2.73. The number of ketones is 1. The van der Waals surface area contributed by atoms with E-state index in [0.29, 0.717) is 16.8 Å². The van der Waals surface area contributed by atoms with Crippen LogP contribution in [0.3, 0.4) is 0 Å². The van der Waals surface area contributed by atoms with E-state index < -0.39 is 11.7 Å². The van der Waals surface area contributed by atoms with E-state index in [1.807, 2.05) is 12.1 Å². The second-order valence-corrected chi connectivity index (χ2v) is 8.41. The first-order chi connectivity index (χ1) is 15.1. The molecule has 32 heavy (non-hydrogen) atoms. The van der Waals surface area contributed by atoms with Crippen LogP contribution in [-0.4, -0.2) is 32.2 Å². The number of carbonyl (C=O) groups excluding carboxylic acids is 2. The van der Waals surface area contributed by atoms with E-state index in [0.717, 1.165) is 11.1 Å². The molecule has 0 radical (unpaired) electrons. The first kappa shape index (κ1) is 22.9. The van der Waals surface area contributed by atoms with Gasteiger partial charge >= 0.3 is 6.09 Å². The van der Waals surface area contributed by atoms with Crippen LogP contribution in [0.25, 0.3) is 11.3 Å². The number of Topliss-reactive ketones (excluding diaryl/α,β-unsaturated/α-hetero) is 1. The van der Waals surface area contributed by atoms with E-state index in [-0.39, 0.29) is 24.4 Å². The summed E-state index contributed by atoms with van der Waals surface area (Å²) in [6.07, 6.45) is 2.77. The van der Waals surface area contributed by atoms with Gasteiger partial charge in [0.05, 0.1) is 12.2 Å². The average molecular weight is 434 g/mol. The van der Waals surface area contributed by atoms with Gasteiger partial charge in [0.25, 0.3) is 5.56 Å². The lowest BCUT2D eigenvalue weighted by atomic mass is 10.1. The zero-order valence-electron chi connectivity index (χ0n) is 18.6. The number of nitrogens with zero attached hydrogens (tertiary/aromatic N) is 3. The molecule has 0 aliphatic heterocycles. The maximum atomic E-state index is 12.3. The summed E-state index contributed by atoms with van der Waals surface area (Å²) in [6, 6.07) is 12.0. The van der Waals surface area contributed by atoms with Gasteiger partial charge in [-0.3, -0.25) is 14.6 Å². The molecule has 166 valence electrons. The molecule has 0 spiro atoms. The fraction of sp³-hybridized carbons (Fsp3) is 0.292. The SMILES string of the molecule is CC(=O)c1cccc(Cn2nc(-c3cncc(CNC(=O)OC(C)(C)C)c3)ccc2=O)c1. The van der Waals surface area contributed by atoms with E-state index in [4.69, 9.17) is 4.74 Å². The molecular weight excluding hydrogens is 408 g/mol. The molecule has 0 aliphatic rings. The number of alkyl carbamates (subject to hydrolysis) is 1. The second-order valence-electron chi connectivity index (χ2n) is 8.41. The van der Waals surface area contributed by atoms with Crippen molar-refractivity contribution in [1.29, 1.82) is 0 Å². The normalized spacial score (nSPS) is 11.1. The van der Waals surface area contributed by atoms with Crippen molar-refractivity contribution in [2.24, 2.45) is 0 Å². The molecule has 0 fully saturated rings. The van der Waals surface area contributed by atoms with Gasteiger partial charge in [-0.2, -0.15) is 5.10 Å². The van der Waals surface area contributed by atoms with Crippen molar-refractivity contribution >= 4 is 11.9 Å². The smallest absolute Gasteiger partial charge is 0.407 e. The summed E-state index contributed by atoms with van der Waals surface area (Å²) >= 11 is 0. The van der Waals surface area contributed by atoms with Crippen molar-refractivity contribution in [2.45, 2.75) is 46.4 Å². The Hall–Kier alpha value is -3.81. The standard InChI is InChI=1S/C24H26N4O4/c1-16(29)19-7-5-6-17(10-19)15-28-22(30)9-8-21(27-28)20-11-18(12-25-14-20)13-26-23(31)32-24(2,3)4/h5-12,14H,13,15H2,1-4H3,(H,26,31). The zero-order chi connectivity index (χ0) is 23.3. The number of hydrogen-bond donors (Lipinski definition) is 1. The van der Waals surface area contributed by atoms with Gasteiger partial charge < -0.3 is 10.1 Å². The summed E-state index contributed by atoms with van der Waals surface area (Å²) in [7, 11) is 0. The first-order valence-corrected chi connectivity index (χ1v) is 10.2. The van der Waals surface area contributed by atoms with Crippen LogP contribution in [0.1, 0.15) is 49.2 Å². The van der Waals surface area contributed by atoms with Crippen molar-refractivity contribution in [3.63, 3.8) is 0 Å². The third kappa shape index (κ3) is 6.34. The molecular formula is C24H26N4O4. The molecule has 1 amide bonds. The molecule has 3 aromatic rings. The highest BCUT2D eigenvalue weighted by Gasteiger charge is 2.16. The van der Waals surface area contributed by atoms with Crippen molar-refractivity contribution in [2.75, 3.05) is 0 Å². The van der Waals surface area contributed by atoms with Gasteiger partial charge in [0, 0.05) is 36.1 Å². The fourth-order valence-corrected chi connectivity index (χ4v) is 2.99. The third-order valence-corrected chi connectivity index (χ3v) is 4.46. The van der Waals surface area contributed by atoms with Crippen LogP contribution in [0.5, 0.6) is 0 Å². The molecule has 0 aliphatic carbocycles. The summed E-state index contributed by atoms with van der Waals surface area (Å²) < 4.78 is 6.59. The Morgan fingerprint density at radius 3 is 2.56 bits per heavy atom. The van der Waals surface area contributed by atoms with Crippen LogP contribution in [0.2, 0.25) is 0 Å². The van der Waals surface area contributed by atoms with Crippen LogP contribution in [0, 0.1) is 0 Å². The lowest BCUT2D eigenvalue weighted by molar-refractivity contribution is 0.0523. The van der Waals surface area contributed by atoms with Crippen molar-refractivity contribution in [1.82, 2.24) is 20.1 Å². The van der Waals surface area contributed by atoms with Gasteiger partial charge in [-0.15, -0.1) is 0 Å². The number of hydrogen-bond acceptors (Lipinski definition) is 6. The maximum Gasteiger partial charge on any atom is 0.407 e. The predicted molar refractivity (Wildman–Crippen MR) is 120 cm³/mol. The van der Waals surface area contributed by atoms with Gasteiger partial charge in [0.1, 0.15) is 5.60 Å². The number of amides is 1. The topological polar surface area (TPSA) is 103 Å². The molecule has 8 heteroatoms. The summed E-state index contributed by atoms with van der Waals surface area (Å²) in [5, 5.41) is 7.16. The Morgan fingerprint density at radius 2 is 1.84 bits per heavy atom. The number of nitrogens with one attached hydrogen (secondary N) is 1. The summed E-state index contributed by atoms with van der Waals surface area (Å²) in [5.41, 5.74) is 2.60. The molecule has 3 rings (SSSR count). The molecule has 0 unspecified atom stereocenters. The van der Waals surface area contributed by atoms with Crippen molar-refractivity contribution in [3.8, 4) is 11.3 Å². The Bertz CT molecular complexity index is 1190. The van der Waals surface area contributed by atoms with Crippen LogP contribution < -0.4 is 10.9 Å². The fourth-order valence-electron chi connectivity index (χ4n) is 2.99. The predicted octanol–water partition coefficient (Wildman–Crippen LogP) is 3.58. The molecule has 2 heterocycles. The second kappa shape index (κ2) is 9.55. The number of pyridine rings is 1. The molecule has 0 saturated carbocycles. The highest BCUT2D eigenvalue weighted by Crippen LogP contribution is 2.16. The van der Waals surface area contributed by atoms with Crippen LogP contribution >= 0.6 is 0 Å². The quantitative estimate of drug-likeness (QED) is 0.595. The summed E-state index contributed by atoms with van der Waals surface area (Å²) in [5.74, 6) is -0.0382. The largest absolute Gasteiger partial charge is 0.444 e. The minimum atomic E-state index is -0.578. The van der Waals surface area contributed by atoms with Crippen molar-refractivity contribution in [3.05, 3.63) is 81.9 Å². The molecule has 0 atom stereocenters. The Balaban J connectivity index is 1.78.